The molecule has 1 rings (SSSR count). The minimum absolute atomic E-state index is 0.212. The number of nitrogens with one attached hydrogen (secondary N) is 1. The van der Waals surface area contributed by atoms with E-state index in [0.717, 1.165) is 18.5 Å². The van der Waals surface area contributed by atoms with Crippen LogP contribution in [-0.4, -0.2) is 13.6 Å². The monoisotopic (exact) mass is 182 g/mol. The summed E-state index contributed by atoms with van der Waals surface area (Å²) in [5.41, 5.74) is 7.11. The van der Waals surface area contributed by atoms with Gasteiger partial charge in [0.1, 0.15) is 5.82 Å². The van der Waals surface area contributed by atoms with Gasteiger partial charge in [-0.3, -0.25) is 0 Å². The largest absolute Gasteiger partial charge is 0.326 e. The summed E-state index contributed by atoms with van der Waals surface area (Å²) in [5, 5.41) is 3.04. The number of rotatable bonds is 4. The van der Waals surface area contributed by atoms with E-state index in [1.165, 1.54) is 6.07 Å². The van der Waals surface area contributed by atoms with E-state index in [-0.39, 0.29) is 12.4 Å². The molecule has 0 unspecified atom stereocenters. The molecule has 3 heteroatoms. The molecule has 0 aromatic heterocycles. The molecular weight excluding hydrogens is 167 g/mol. The zero-order chi connectivity index (χ0) is 9.68. The fourth-order valence-electron chi connectivity index (χ4n) is 1.21. The second-order valence-corrected chi connectivity index (χ2v) is 2.98. The second kappa shape index (κ2) is 4.94. The summed E-state index contributed by atoms with van der Waals surface area (Å²) in [7, 11) is 1.90. The summed E-state index contributed by atoms with van der Waals surface area (Å²) in [6, 6.07) is 5.10. The van der Waals surface area contributed by atoms with Gasteiger partial charge in [0, 0.05) is 12.1 Å². The van der Waals surface area contributed by atoms with E-state index in [2.05, 4.69) is 5.32 Å². The molecule has 0 fully saturated rings. The standard InChI is InChI=1S/C10H15FN2/c1-13-5-4-8-2-3-10(11)9(6-8)7-12/h2-3,6,13H,4-5,7,12H2,1H3. The van der Waals surface area contributed by atoms with E-state index in [9.17, 15) is 4.39 Å². The molecule has 2 nitrogen and oxygen atoms in total. The summed E-state index contributed by atoms with van der Waals surface area (Å²) < 4.78 is 13.0. The molecule has 0 atom stereocenters. The van der Waals surface area contributed by atoms with Crippen molar-refractivity contribution in [1.82, 2.24) is 5.32 Å². The van der Waals surface area contributed by atoms with Crippen molar-refractivity contribution < 1.29 is 4.39 Å². The van der Waals surface area contributed by atoms with Gasteiger partial charge in [-0.05, 0) is 31.6 Å². The van der Waals surface area contributed by atoms with Crippen LogP contribution in [0.25, 0.3) is 0 Å². The third kappa shape index (κ3) is 2.79. The van der Waals surface area contributed by atoms with Gasteiger partial charge in [-0.15, -0.1) is 0 Å². The van der Waals surface area contributed by atoms with E-state index in [0.29, 0.717) is 5.56 Å². The Labute approximate surface area is 77.9 Å². The summed E-state index contributed by atoms with van der Waals surface area (Å²) in [6.45, 7) is 1.16. The first kappa shape index (κ1) is 10.2. The van der Waals surface area contributed by atoms with Crippen molar-refractivity contribution >= 4 is 0 Å². The van der Waals surface area contributed by atoms with Crippen LogP contribution in [0.3, 0.4) is 0 Å². The molecule has 0 amide bonds. The number of hydrogen-bond donors (Lipinski definition) is 2. The molecule has 0 bridgehead atoms. The van der Waals surface area contributed by atoms with Crippen LogP contribution in [0.1, 0.15) is 11.1 Å². The summed E-state index contributed by atoms with van der Waals surface area (Å²) >= 11 is 0. The fraction of sp³-hybridized carbons (Fsp3) is 0.400. The van der Waals surface area contributed by atoms with Gasteiger partial charge in [-0.25, -0.2) is 4.39 Å². The summed E-state index contributed by atoms with van der Waals surface area (Å²) in [5.74, 6) is -0.212. The lowest BCUT2D eigenvalue weighted by Crippen LogP contribution is -2.11. The maximum Gasteiger partial charge on any atom is 0.127 e. The number of nitrogens with two attached hydrogens (primary N) is 1. The van der Waals surface area contributed by atoms with Crippen molar-refractivity contribution in [2.24, 2.45) is 5.73 Å². The normalized spacial score (nSPS) is 10.4. The molecule has 1 aromatic rings. The highest BCUT2D eigenvalue weighted by atomic mass is 19.1. The second-order valence-electron chi connectivity index (χ2n) is 2.98. The van der Waals surface area contributed by atoms with Crippen LogP contribution in [0.4, 0.5) is 4.39 Å². The van der Waals surface area contributed by atoms with Crippen LogP contribution < -0.4 is 11.1 Å². The van der Waals surface area contributed by atoms with Crippen molar-refractivity contribution in [2.75, 3.05) is 13.6 Å². The van der Waals surface area contributed by atoms with Crippen molar-refractivity contribution in [3.8, 4) is 0 Å². The van der Waals surface area contributed by atoms with E-state index in [1.54, 1.807) is 6.07 Å². The lowest BCUT2D eigenvalue weighted by Gasteiger charge is -2.04. The number of benzene rings is 1. The Morgan fingerprint density at radius 2 is 2.23 bits per heavy atom. The number of halogens is 1. The number of hydrogen-bond acceptors (Lipinski definition) is 2. The Hall–Kier alpha value is -0.930. The molecule has 0 spiro atoms. The molecule has 13 heavy (non-hydrogen) atoms. The highest BCUT2D eigenvalue weighted by Crippen LogP contribution is 2.10. The van der Waals surface area contributed by atoms with Gasteiger partial charge in [0.15, 0.2) is 0 Å². The Morgan fingerprint density at radius 1 is 1.46 bits per heavy atom. The van der Waals surface area contributed by atoms with E-state index in [4.69, 9.17) is 5.73 Å². The van der Waals surface area contributed by atoms with Crippen LogP contribution >= 0.6 is 0 Å². The topological polar surface area (TPSA) is 38.0 Å². The molecule has 0 saturated heterocycles. The predicted molar refractivity (Wildman–Crippen MR) is 51.9 cm³/mol. The van der Waals surface area contributed by atoms with Crippen LogP contribution in [0.15, 0.2) is 18.2 Å². The average molecular weight is 182 g/mol. The van der Waals surface area contributed by atoms with Crippen molar-refractivity contribution in [1.29, 1.82) is 0 Å². The van der Waals surface area contributed by atoms with Gasteiger partial charge in [0.05, 0.1) is 0 Å². The maximum absolute atomic E-state index is 13.0. The molecule has 0 aliphatic carbocycles. The zero-order valence-electron chi connectivity index (χ0n) is 7.81. The van der Waals surface area contributed by atoms with Crippen LogP contribution in [-0.2, 0) is 13.0 Å². The van der Waals surface area contributed by atoms with Crippen molar-refractivity contribution in [3.63, 3.8) is 0 Å². The highest BCUT2D eigenvalue weighted by Gasteiger charge is 2.00. The van der Waals surface area contributed by atoms with Gasteiger partial charge in [0.2, 0.25) is 0 Å². The van der Waals surface area contributed by atoms with E-state index < -0.39 is 0 Å². The third-order valence-corrected chi connectivity index (χ3v) is 1.99. The quantitative estimate of drug-likeness (QED) is 0.730. The molecule has 0 radical (unpaired) electrons. The Morgan fingerprint density at radius 3 is 2.85 bits per heavy atom. The smallest absolute Gasteiger partial charge is 0.127 e. The fourth-order valence-corrected chi connectivity index (χ4v) is 1.21. The van der Waals surface area contributed by atoms with Crippen LogP contribution in [0, 0.1) is 5.82 Å². The zero-order valence-corrected chi connectivity index (χ0v) is 7.81. The molecule has 0 aliphatic rings. The van der Waals surface area contributed by atoms with Crippen molar-refractivity contribution in [2.45, 2.75) is 13.0 Å². The van der Waals surface area contributed by atoms with Gasteiger partial charge in [0.25, 0.3) is 0 Å². The van der Waals surface area contributed by atoms with E-state index >= 15 is 0 Å². The van der Waals surface area contributed by atoms with E-state index in [1.807, 2.05) is 13.1 Å². The molecule has 0 heterocycles. The maximum atomic E-state index is 13.0. The predicted octanol–water partition coefficient (Wildman–Crippen LogP) is 1.05. The summed E-state index contributed by atoms with van der Waals surface area (Å²) in [6.07, 6.45) is 0.907. The summed E-state index contributed by atoms with van der Waals surface area (Å²) in [4.78, 5) is 0. The van der Waals surface area contributed by atoms with Gasteiger partial charge in [-0.1, -0.05) is 12.1 Å². The minimum atomic E-state index is -0.212. The minimum Gasteiger partial charge on any atom is -0.326 e. The van der Waals surface area contributed by atoms with Gasteiger partial charge < -0.3 is 11.1 Å². The molecule has 72 valence electrons. The average Bonchev–Trinajstić information content (AvgIpc) is 2.16. The lowest BCUT2D eigenvalue weighted by molar-refractivity contribution is 0.609. The van der Waals surface area contributed by atoms with Gasteiger partial charge in [-0.2, -0.15) is 0 Å². The highest BCUT2D eigenvalue weighted by molar-refractivity contribution is 5.25. The third-order valence-electron chi connectivity index (χ3n) is 1.99. The Kier molecular flexibility index (Phi) is 3.86. The molecule has 0 saturated carbocycles. The molecule has 0 aliphatic heterocycles. The van der Waals surface area contributed by atoms with Crippen LogP contribution in [0.5, 0.6) is 0 Å². The Balaban J connectivity index is 2.74. The van der Waals surface area contributed by atoms with Crippen molar-refractivity contribution in [3.05, 3.63) is 35.1 Å². The first-order valence-corrected chi connectivity index (χ1v) is 4.40. The first-order chi connectivity index (χ1) is 6.27. The van der Waals surface area contributed by atoms with Crippen LogP contribution in [0.2, 0.25) is 0 Å². The van der Waals surface area contributed by atoms with Gasteiger partial charge >= 0.3 is 0 Å². The molecular formula is C10H15FN2. The Bertz CT molecular complexity index is 274. The molecule has 3 N–H and O–H groups in total. The number of likely N-dealkylation sites (N-methyl/N-ethyl adjacent to an activating group) is 1. The molecule has 1 aromatic carbocycles. The first-order valence-electron chi connectivity index (χ1n) is 4.40. The lowest BCUT2D eigenvalue weighted by atomic mass is 10.1. The SMILES string of the molecule is CNCCc1ccc(F)c(CN)c1.